The van der Waals surface area contributed by atoms with E-state index in [0.29, 0.717) is 18.8 Å². The van der Waals surface area contributed by atoms with Gasteiger partial charge in [-0.25, -0.2) is 0 Å². The van der Waals surface area contributed by atoms with E-state index < -0.39 is 0 Å². The van der Waals surface area contributed by atoms with Gasteiger partial charge in [-0.3, -0.25) is 9.59 Å². The molecule has 138 valence electrons. The number of aryl methyl sites for hydroxylation is 1. The number of hydrogen-bond acceptors (Lipinski definition) is 4. The Bertz CT molecular complexity index is 774. The normalized spacial score (nSPS) is 17.2. The molecule has 1 aromatic heterocycles. The van der Waals surface area contributed by atoms with Gasteiger partial charge >= 0.3 is 0 Å². The van der Waals surface area contributed by atoms with Crippen molar-refractivity contribution in [3.05, 3.63) is 57.8 Å². The second kappa shape index (κ2) is 8.27. The third kappa shape index (κ3) is 3.96. The number of rotatable bonds is 6. The number of amides is 2. The summed E-state index contributed by atoms with van der Waals surface area (Å²) < 4.78 is 0. The Morgan fingerprint density at radius 3 is 2.69 bits per heavy atom. The van der Waals surface area contributed by atoms with Gasteiger partial charge in [0.25, 0.3) is 5.91 Å². The van der Waals surface area contributed by atoms with Crippen molar-refractivity contribution >= 4 is 34.9 Å². The largest absolute Gasteiger partial charge is 0.334 e. The zero-order chi connectivity index (χ0) is 18.7. The topological polar surface area (TPSA) is 40.6 Å². The molecule has 0 spiro atoms. The summed E-state index contributed by atoms with van der Waals surface area (Å²) >= 11 is 3.13. The summed E-state index contributed by atoms with van der Waals surface area (Å²) in [6.45, 7) is 7.22. The van der Waals surface area contributed by atoms with Crippen LogP contribution in [0.25, 0.3) is 0 Å². The van der Waals surface area contributed by atoms with Gasteiger partial charge in [0, 0.05) is 19.1 Å². The maximum Gasteiger partial charge on any atom is 0.264 e. The van der Waals surface area contributed by atoms with Crippen LogP contribution in [0.1, 0.15) is 40.0 Å². The van der Waals surface area contributed by atoms with Crippen molar-refractivity contribution < 1.29 is 9.59 Å². The van der Waals surface area contributed by atoms with E-state index in [9.17, 15) is 9.59 Å². The third-order valence-corrected chi connectivity index (χ3v) is 6.72. The van der Waals surface area contributed by atoms with Crippen LogP contribution in [-0.2, 0) is 4.79 Å². The quantitative estimate of drug-likeness (QED) is 0.745. The zero-order valence-electron chi connectivity index (χ0n) is 15.3. The molecular weight excluding hydrogens is 364 g/mol. The number of benzene rings is 1. The molecule has 2 aromatic rings. The Morgan fingerprint density at radius 2 is 2.04 bits per heavy atom. The Labute approximate surface area is 163 Å². The summed E-state index contributed by atoms with van der Waals surface area (Å²) in [5, 5.41) is 1.95. The Morgan fingerprint density at radius 1 is 1.27 bits per heavy atom. The highest BCUT2D eigenvalue weighted by Gasteiger charge is 2.34. The Balaban J connectivity index is 1.74. The average Bonchev–Trinajstić information content (AvgIpc) is 3.26. The summed E-state index contributed by atoms with van der Waals surface area (Å²) in [6, 6.07) is 12.1. The summed E-state index contributed by atoms with van der Waals surface area (Å²) in [5.41, 5.74) is 2.38. The minimum atomic E-state index is 0.0366. The number of carbonyl (C=O) groups is 2. The molecule has 1 aliphatic rings. The minimum absolute atomic E-state index is 0.0366. The summed E-state index contributed by atoms with van der Waals surface area (Å²) in [5.74, 6) is 0.691. The van der Waals surface area contributed by atoms with Gasteiger partial charge in [-0.05, 0) is 43.3 Å². The molecule has 0 aliphatic carbocycles. The molecule has 0 bridgehead atoms. The van der Waals surface area contributed by atoms with E-state index in [-0.39, 0.29) is 23.2 Å². The maximum absolute atomic E-state index is 12.8. The van der Waals surface area contributed by atoms with Crippen molar-refractivity contribution in [2.45, 2.75) is 32.2 Å². The fourth-order valence-electron chi connectivity index (χ4n) is 3.17. The van der Waals surface area contributed by atoms with Crippen LogP contribution in [0.15, 0.2) is 41.8 Å². The first-order valence-electron chi connectivity index (χ1n) is 8.80. The predicted octanol–water partition coefficient (Wildman–Crippen LogP) is 4.18. The molecule has 0 radical (unpaired) electrons. The molecule has 1 saturated heterocycles. The van der Waals surface area contributed by atoms with Gasteiger partial charge in [-0.15, -0.1) is 23.1 Å². The van der Waals surface area contributed by atoms with Gasteiger partial charge < -0.3 is 9.80 Å². The van der Waals surface area contributed by atoms with Gasteiger partial charge in [-0.2, -0.15) is 0 Å². The first-order chi connectivity index (χ1) is 12.5. The maximum atomic E-state index is 12.8. The molecular formula is C20H24N2O2S2. The van der Waals surface area contributed by atoms with Crippen molar-refractivity contribution in [1.29, 1.82) is 0 Å². The van der Waals surface area contributed by atoms with Gasteiger partial charge in [0.2, 0.25) is 5.91 Å². The number of thioether (sulfide) groups is 1. The summed E-state index contributed by atoms with van der Waals surface area (Å²) in [4.78, 5) is 29.7. The van der Waals surface area contributed by atoms with Crippen molar-refractivity contribution in [2.24, 2.45) is 0 Å². The molecule has 1 aromatic carbocycles. The summed E-state index contributed by atoms with van der Waals surface area (Å²) in [7, 11) is 0. The van der Waals surface area contributed by atoms with Crippen LogP contribution >= 0.6 is 23.1 Å². The predicted molar refractivity (Wildman–Crippen MR) is 109 cm³/mol. The van der Waals surface area contributed by atoms with Crippen molar-refractivity contribution in [3.63, 3.8) is 0 Å². The van der Waals surface area contributed by atoms with Gasteiger partial charge in [0.15, 0.2) is 0 Å². The molecule has 0 N–H and O–H groups in total. The van der Waals surface area contributed by atoms with Crippen LogP contribution in [0.3, 0.4) is 0 Å². The van der Waals surface area contributed by atoms with Gasteiger partial charge in [-0.1, -0.05) is 30.3 Å². The van der Waals surface area contributed by atoms with E-state index >= 15 is 0 Å². The molecule has 3 rings (SSSR count). The molecule has 4 nitrogen and oxygen atoms in total. The number of thiophene rings is 1. The van der Waals surface area contributed by atoms with Crippen molar-refractivity contribution in [2.75, 3.05) is 18.8 Å². The molecule has 2 heterocycles. The highest BCUT2D eigenvalue weighted by atomic mass is 32.2. The number of nitrogens with zero attached hydrogens (tertiary/aromatic N) is 2. The van der Waals surface area contributed by atoms with E-state index in [0.717, 1.165) is 4.88 Å². The standard InChI is InChI=1S/C20H24N2O2S2/c1-14(2)21(19(24)17-9-6-12-25-17)10-11-22-18(23)13-26-20(22)16-8-5-4-7-15(16)3/h4-9,12,14,20H,10-11,13H2,1-3H3/t20-/m1/s1. The zero-order valence-corrected chi connectivity index (χ0v) is 17.0. The lowest BCUT2D eigenvalue weighted by Crippen LogP contribution is -2.43. The van der Waals surface area contributed by atoms with E-state index in [2.05, 4.69) is 19.1 Å². The van der Waals surface area contributed by atoms with Crippen LogP contribution in [0.5, 0.6) is 0 Å². The van der Waals surface area contributed by atoms with Crippen molar-refractivity contribution in [3.8, 4) is 0 Å². The first-order valence-corrected chi connectivity index (χ1v) is 10.7. The lowest BCUT2D eigenvalue weighted by molar-refractivity contribution is -0.128. The fourth-order valence-corrected chi connectivity index (χ4v) is 5.16. The van der Waals surface area contributed by atoms with Gasteiger partial charge in [0.1, 0.15) is 5.37 Å². The molecule has 0 saturated carbocycles. The highest BCUT2D eigenvalue weighted by Crippen LogP contribution is 2.39. The Hall–Kier alpha value is -1.79. The van der Waals surface area contributed by atoms with Crippen LogP contribution in [0, 0.1) is 6.92 Å². The molecule has 26 heavy (non-hydrogen) atoms. The average molecular weight is 389 g/mol. The van der Waals surface area contributed by atoms with Crippen LogP contribution in [0.2, 0.25) is 0 Å². The van der Waals surface area contributed by atoms with Crippen LogP contribution in [0.4, 0.5) is 0 Å². The van der Waals surface area contributed by atoms with E-state index in [1.807, 2.05) is 53.3 Å². The molecule has 0 unspecified atom stereocenters. The minimum Gasteiger partial charge on any atom is -0.334 e. The van der Waals surface area contributed by atoms with Crippen LogP contribution in [-0.4, -0.2) is 46.5 Å². The smallest absolute Gasteiger partial charge is 0.264 e. The lowest BCUT2D eigenvalue weighted by Gasteiger charge is -2.31. The highest BCUT2D eigenvalue weighted by molar-refractivity contribution is 8.00. The van der Waals surface area contributed by atoms with Crippen molar-refractivity contribution in [1.82, 2.24) is 9.80 Å². The van der Waals surface area contributed by atoms with Gasteiger partial charge in [0.05, 0.1) is 10.6 Å². The molecule has 1 atom stereocenters. The second-order valence-corrected chi connectivity index (χ2v) is 8.69. The lowest BCUT2D eigenvalue weighted by atomic mass is 10.1. The molecule has 2 amide bonds. The van der Waals surface area contributed by atoms with E-state index in [4.69, 9.17) is 0 Å². The molecule has 1 aliphatic heterocycles. The number of carbonyl (C=O) groups excluding carboxylic acids is 2. The third-order valence-electron chi connectivity index (χ3n) is 4.62. The molecule has 6 heteroatoms. The second-order valence-electron chi connectivity index (χ2n) is 6.68. The molecule has 1 fully saturated rings. The number of hydrogen-bond donors (Lipinski definition) is 0. The fraction of sp³-hybridized carbons (Fsp3) is 0.400. The van der Waals surface area contributed by atoms with Crippen LogP contribution < -0.4 is 0 Å². The monoisotopic (exact) mass is 388 g/mol. The van der Waals surface area contributed by atoms with E-state index in [1.165, 1.54) is 22.5 Å². The summed E-state index contributed by atoms with van der Waals surface area (Å²) in [6.07, 6.45) is 0. The van der Waals surface area contributed by atoms with E-state index in [1.54, 1.807) is 11.8 Å². The SMILES string of the molecule is Cc1ccccc1[C@H]1SCC(=O)N1CCN(C(=O)c1cccs1)C(C)C. The first kappa shape index (κ1) is 19.0. The Kier molecular flexibility index (Phi) is 6.04.